The van der Waals surface area contributed by atoms with Gasteiger partial charge in [0.1, 0.15) is 35.0 Å². The number of phenols is 1. The Balaban J connectivity index is 0.774. The summed E-state index contributed by atoms with van der Waals surface area (Å²) in [4.78, 5) is 115. The number of hydrogen-bond acceptors (Lipinski definition) is 14. The number of aromatic hydroxyl groups is 1. The van der Waals surface area contributed by atoms with Crippen molar-refractivity contribution in [2.24, 2.45) is 0 Å². The molecule has 4 heterocycles. The zero-order chi connectivity index (χ0) is 58.9. The van der Waals surface area contributed by atoms with Crippen molar-refractivity contribution in [2.45, 2.75) is 50.7 Å². The summed E-state index contributed by atoms with van der Waals surface area (Å²) in [6.45, 7) is 5.27. The number of benzene rings is 5. The van der Waals surface area contributed by atoms with Crippen molar-refractivity contribution in [3.05, 3.63) is 158 Å². The average Bonchev–Trinajstić information content (AvgIpc) is 2.81. The third-order valence-corrected chi connectivity index (χ3v) is 15.3. The van der Waals surface area contributed by atoms with Gasteiger partial charge in [0.15, 0.2) is 5.43 Å². The third-order valence-electron chi connectivity index (χ3n) is 14.8. The molecule has 4 amide bonds. The number of pyridine rings is 1. The number of carboxylic acid groups (broad SMARTS) is 4. The number of rotatable bonds is 21. The number of aromatic nitrogens is 1. The van der Waals surface area contributed by atoms with E-state index in [-0.39, 0.29) is 77.8 Å². The number of carboxylic acids is 4. The number of phenolic OH excluding ortho intramolecular Hbond substituents is 1. The molecule has 0 unspecified atom stereocenters. The molecule has 2 saturated heterocycles. The van der Waals surface area contributed by atoms with Crippen LogP contribution in [0, 0.1) is 0 Å². The van der Waals surface area contributed by atoms with E-state index < -0.39 is 48.4 Å². The van der Waals surface area contributed by atoms with Crippen LogP contribution in [0.4, 0.5) is 22.0 Å². The first-order chi connectivity index (χ1) is 39.9. The molecule has 430 valence electrons. The summed E-state index contributed by atoms with van der Waals surface area (Å²) >= 11 is 3.44. The molecular weight excluding hydrogens is 1140 g/mol. The predicted molar refractivity (Wildman–Crippen MR) is 311 cm³/mol. The lowest BCUT2D eigenvalue weighted by Crippen LogP contribution is -2.51. The van der Waals surface area contributed by atoms with Gasteiger partial charge in [-0.05, 0) is 128 Å². The van der Waals surface area contributed by atoms with Crippen LogP contribution in [0.3, 0.4) is 0 Å². The van der Waals surface area contributed by atoms with E-state index in [1.807, 2.05) is 30.3 Å². The Hall–Kier alpha value is -9.51. The van der Waals surface area contributed by atoms with Gasteiger partial charge in [0.25, 0.3) is 11.8 Å². The Morgan fingerprint density at radius 1 is 0.651 bits per heavy atom. The Bertz CT molecular complexity index is 3580. The number of aromatic carboxylic acids is 1. The Labute approximate surface area is 483 Å². The maximum Gasteiger partial charge on any atom is 0.336 e. The van der Waals surface area contributed by atoms with E-state index in [9.17, 15) is 58.8 Å². The summed E-state index contributed by atoms with van der Waals surface area (Å²) in [6, 6.07) is 28.6. The number of fused-ring (bicyclic) bond motifs is 2. The Morgan fingerprint density at radius 3 is 1.89 bits per heavy atom. The van der Waals surface area contributed by atoms with Crippen LogP contribution in [0.25, 0.3) is 33.4 Å². The van der Waals surface area contributed by atoms with Crippen molar-refractivity contribution in [3.8, 4) is 28.2 Å². The van der Waals surface area contributed by atoms with Crippen LogP contribution in [0.2, 0.25) is 0 Å². The van der Waals surface area contributed by atoms with Gasteiger partial charge in [0, 0.05) is 128 Å². The van der Waals surface area contributed by atoms with Crippen molar-refractivity contribution in [2.75, 3.05) is 73.6 Å². The Morgan fingerprint density at radius 2 is 1.28 bits per heavy atom. The molecule has 7 N–H and O–H groups in total. The van der Waals surface area contributed by atoms with Gasteiger partial charge < -0.3 is 65.1 Å². The maximum atomic E-state index is 14.1. The summed E-state index contributed by atoms with van der Waals surface area (Å²) in [7, 11) is 0. The SMILES string of the molecule is O=C(O)CC[C@H](NC(=O)N[C@@H](CCCCN(Cc1ccc(Br)cc1)C(=O)c1ccc(N2CCN(c3ccc(N4CCN(C(=O)c5ccc(C(=O)O)c(-c6c7ccc(=O)cc-7oc7cc(O)ccc67)c5)CC4)cc3)CC2)nc1)C(=O)O)C(=O)O. The van der Waals surface area contributed by atoms with Gasteiger partial charge in [-0.2, -0.15) is 0 Å². The lowest BCUT2D eigenvalue weighted by atomic mass is 9.89. The van der Waals surface area contributed by atoms with Crippen molar-refractivity contribution in [3.63, 3.8) is 0 Å². The zero-order valence-electron chi connectivity index (χ0n) is 44.8. The number of unbranched alkanes of at least 4 members (excludes halogenated alkanes) is 1. The highest BCUT2D eigenvalue weighted by atomic mass is 79.9. The second-order valence-corrected chi connectivity index (χ2v) is 21.2. The van der Waals surface area contributed by atoms with Gasteiger partial charge in [-0.15, -0.1) is 0 Å². The van der Waals surface area contributed by atoms with E-state index in [1.54, 1.807) is 40.3 Å². The van der Waals surface area contributed by atoms with Gasteiger partial charge in [-0.25, -0.2) is 24.2 Å². The topological polar surface area (TPSA) is 304 Å². The molecule has 22 nitrogen and oxygen atoms in total. The summed E-state index contributed by atoms with van der Waals surface area (Å²) in [5, 5.41) is 53.5. The highest BCUT2D eigenvalue weighted by Crippen LogP contribution is 2.42. The molecule has 5 aromatic rings. The average molecular weight is 1200 g/mol. The number of carbonyl (C=O) groups excluding carboxylic acids is 3. The van der Waals surface area contributed by atoms with E-state index in [0.29, 0.717) is 86.4 Å². The fourth-order valence-corrected chi connectivity index (χ4v) is 10.6. The second kappa shape index (κ2) is 25.9. The molecule has 0 bridgehead atoms. The van der Waals surface area contributed by atoms with E-state index in [4.69, 9.17) is 14.5 Å². The summed E-state index contributed by atoms with van der Waals surface area (Å²) in [5.74, 6) is -4.93. The molecule has 0 radical (unpaired) electrons. The molecule has 23 heteroatoms. The minimum absolute atomic E-state index is 0.0257. The summed E-state index contributed by atoms with van der Waals surface area (Å²) < 4.78 is 6.84. The first-order valence-corrected chi connectivity index (χ1v) is 27.6. The van der Waals surface area contributed by atoms with Gasteiger partial charge in [0.2, 0.25) is 0 Å². The van der Waals surface area contributed by atoms with Crippen LogP contribution in [-0.2, 0) is 20.9 Å². The molecule has 2 atom stereocenters. The molecule has 2 fully saturated rings. The molecular formula is C60H59BrN8O14. The van der Waals surface area contributed by atoms with E-state index in [0.717, 1.165) is 27.2 Å². The quantitative estimate of drug-likeness (QED) is 0.0274. The van der Waals surface area contributed by atoms with Crippen molar-refractivity contribution < 1.29 is 63.5 Å². The number of anilines is 3. The van der Waals surface area contributed by atoms with Crippen LogP contribution in [-0.4, -0.2) is 153 Å². The highest BCUT2D eigenvalue weighted by Gasteiger charge is 2.29. The molecule has 0 saturated carbocycles. The molecule has 3 aliphatic heterocycles. The zero-order valence-corrected chi connectivity index (χ0v) is 46.4. The standard InChI is InChI=1S/C60H59BrN8O14/c61-39-8-4-36(5-9-39)35-69(22-2-1-3-48(58(78)79)63-60(82)64-49(59(80)81)19-21-53(72)73)56(75)38-7-20-52(62-34-38)67-27-23-65(24-28-67)40-10-12-41(13-11-40)66-25-29-68(30-26-66)55(74)37-6-16-44(57(76)77)47(31-37)54-45-17-14-42(70)32-50(45)83-51-33-43(71)15-18-46(51)54/h4-18,20,31-34,48-49,70H,1-3,19,21-30,35H2,(H,72,73)(H,76,77)(H,78,79)(H,80,81)(H2,63,64,82)/t48-,49-/m0/s1. The summed E-state index contributed by atoms with van der Waals surface area (Å²) in [5.41, 5.74) is 4.69. The Kier molecular flexibility index (Phi) is 18.2. The van der Waals surface area contributed by atoms with Gasteiger partial charge >= 0.3 is 29.9 Å². The van der Waals surface area contributed by atoms with Crippen LogP contribution >= 0.6 is 15.9 Å². The first-order valence-electron chi connectivity index (χ1n) is 26.8. The molecule has 83 heavy (non-hydrogen) atoms. The van der Waals surface area contributed by atoms with E-state index >= 15 is 0 Å². The van der Waals surface area contributed by atoms with Crippen molar-refractivity contribution >= 4 is 85.8 Å². The first kappa shape index (κ1) is 58.2. The van der Waals surface area contributed by atoms with Crippen LogP contribution < -0.4 is 30.8 Å². The lowest BCUT2D eigenvalue weighted by Gasteiger charge is -2.38. The molecule has 4 aliphatic rings. The number of aliphatic carboxylic acids is 3. The number of nitrogens with one attached hydrogen (secondary N) is 2. The fraction of sp³-hybridized carbons (Fsp3) is 0.283. The second-order valence-electron chi connectivity index (χ2n) is 20.2. The van der Waals surface area contributed by atoms with Gasteiger partial charge in [0.05, 0.1) is 11.1 Å². The minimum atomic E-state index is -1.53. The number of amides is 4. The highest BCUT2D eigenvalue weighted by molar-refractivity contribution is 9.10. The van der Waals surface area contributed by atoms with Crippen LogP contribution in [0.15, 0.2) is 135 Å². The smallest absolute Gasteiger partial charge is 0.336 e. The van der Waals surface area contributed by atoms with Gasteiger partial charge in [-0.1, -0.05) is 28.1 Å². The molecule has 1 aromatic heterocycles. The molecule has 1 aliphatic carbocycles. The van der Waals surface area contributed by atoms with Crippen LogP contribution in [0.5, 0.6) is 5.75 Å². The number of urea groups is 1. The number of hydrogen-bond donors (Lipinski definition) is 7. The monoisotopic (exact) mass is 1190 g/mol. The largest absolute Gasteiger partial charge is 0.508 e. The number of halogens is 1. The maximum absolute atomic E-state index is 14.1. The summed E-state index contributed by atoms with van der Waals surface area (Å²) in [6.07, 6.45) is 1.28. The number of piperazine rings is 2. The normalized spacial score (nSPS) is 14.2. The fourth-order valence-electron chi connectivity index (χ4n) is 10.4. The minimum Gasteiger partial charge on any atom is -0.508 e. The molecule has 0 spiro atoms. The lowest BCUT2D eigenvalue weighted by molar-refractivity contribution is -0.140. The third kappa shape index (κ3) is 14.2. The van der Waals surface area contributed by atoms with Crippen molar-refractivity contribution in [1.82, 2.24) is 25.4 Å². The predicted octanol–water partition coefficient (Wildman–Crippen LogP) is 7.30. The molecule has 4 aromatic carbocycles. The van der Waals surface area contributed by atoms with Crippen LogP contribution in [0.1, 0.15) is 68.7 Å². The molecule has 9 rings (SSSR count). The number of carbonyl (C=O) groups is 7. The van der Waals surface area contributed by atoms with Gasteiger partial charge in [-0.3, -0.25) is 19.2 Å². The van der Waals surface area contributed by atoms with E-state index in [2.05, 4.69) is 65.5 Å². The van der Waals surface area contributed by atoms with E-state index in [1.165, 1.54) is 36.4 Å². The number of nitrogens with zero attached hydrogens (tertiary/aromatic N) is 6. The van der Waals surface area contributed by atoms with Crippen molar-refractivity contribution in [1.29, 1.82) is 0 Å².